The third-order valence-corrected chi connectivity index (χ3v) is 6.30. The van der Waals surface area contributed by atoms with Gasteiger partial charge < -0.3 is 5.32 Å². The molecule has 0 radical (unpaired) electrons. The molecule has 7 heteroatoms. The molecule has 0 unspecified atom stereocenters. The normalized spacial score (nSPS) is 11.3. The van der Waals surface area contributed by atoms with Crippen molar-refractivity contribution < 1.29 is 4.79 Å². The fourth-order valence-electron chi connectivity index (χ4n) is 2.82. The van der Waals surface area contributed by atoms with Gasteiger partial charge in [-0.05, 0) is 38.8 Å². The van der Waals surface area contributed by atoms with Gasteiger partial charge in [0.05, 0.1) is 17.7 Å². The lowest BCUT2D eigenvalue weighted by Crippen LogP contribution is -2.32. The zero-order chi connectivity index (χ0) is 19.6. The Labute approximate surface area is 166 Å². The number of benzene rings is 1. The lowest BCUT2D eigenvalue weighted by atomic mass is 10.2. The zero-order valence-corrected chi connectivity index (χ0v) is 17.5. The van der Waals surface area contributed by atoms with Crippen LogP contribution in [0.2, 0.25) is 0 Å². The van der Waals surface area contributed by atoms with Gasteiger partial charge in [-0.3, -0.25) is 14.2 Å². The van der Waals surface area contributed by atoms with E-state index in [0.29, 0.717) is 17.1 Å². The average molecular weight is 402 g/mol. The van der Waals surface area contributed by atoms with Crippen LogP contribution in [0.5, 0.6) is 0 Å². The Morgan fingerprint density at radius 2 is 1.96 bits per heavy atom. The first-order valence-corrected chi connectivity index (χ1v) is 10.6. The van der Waals surface area contributed by atoms with E-state index in [9.17, 15) is 9.59 Å². The molecule has 2 heterocycles. The van der Waals surface area contributed by atoms with Gasteiger partial charge in [0.25, 0.3) is 5.56 Å². The fourth-order valence-corrected chi connectivity index (χ4v) is 4.70. The summed E-state index contributed by atoms with van der Waals surface area (Å²) in [5.41, 5.74) is 1.97. The molecule has 0 atom stereocenters. The topological polar surface area (TPSA) is 64.0 Å². The number of amides is 1. The molecular formula is C20H23N3O2S2. The smallest absolute Gasteiger partial charge is 0.263 e. The molecule has 2 aromatic heterocycles. The molecule has 27 heavy (non-hydrogen) atoms. The quantitative estimate of drug-likeness (QED) is 0.505. The molecule has 142 valence electrons. The van der Waals surface area contributed by atoms with Crippen LogP contribution in [0, 0.1) is 13.8 Å². The largest absolute Gasteiger partial charge is 0.353 e. The minimum absolute atomic E-state index is 0.0440. The lowest BCUT2D eigenvalue weighted by Gasteiger charge is -2.13. The molecule has 3 rings (SSSR count). The Kier molecular flexibility index (Phi) is 6.01. The van der Waals surface area contributed by atoms with Crippen LogP contribution in [-0.2, 0) is 11.3 Å². The molecule has 0 bridgehead atoms. The van der Waals surface area contributed by atoms with Gasteiger partial charge in [0.1, 0.15) is 4.83 Å². The first-order valence-electron chi connectivity index (χ1n) is 8.83. The van der Waals surface area contributed by atoms with Crippen molar-refractivity contribution >= 4 is 39.2 Å². The second-order valence-electron chi connectivity index (χ2n) is 6.75. The Morgan fingerprint density at radius 1 is 1.26 bits per heavy atom. The van der Waals surface area contributed by atoms with Gasteiger partial charge in [0, 0.05) is 10.9 Å². The summed E-state index contributed by atoms with van der Waals surface area (Å²) < 4.78 is 1.68. The Bertz CT molecular complexity index is 1020. The van der Waals surface area contributed by atoms with Gasteiger partial charge in [-0.2, -0.15) is 0 Å². The number of aryl methyl sites for hydroxylation is 2. The summed E-state index contributed by atoms with van der Waals surface area (Å²) in [5.74, 6) is 0.169. The van der Waals surface area contributed by atoms with E-state index >= 15 is 0 Å². The number of aromatic nitrogens is 2. The van der Waals surface area contributed by atoms with Crippen LogP contribution < -0.4 is 10.9 Å². The van der Waals surface area contributed by atoms with E-state index in [1.807, 2.05) is 58.0 Å². The van der Waals surface area contributed by atoms with E-state index in [2.05, 4.69) is 5.32 Å². The van der Waals surface area contributed by atoms with Crippen LogP contribution in [0.15, 0.2) is 40.3 Å². The number of carbonyl (C=O) groups excluding carboxylic acids is 1. The summed E-state index contributed by atoms with van der Waals surface area (Å²) in [5, 5.41) is 4.14. The molecule has 0 aliphatic heterocycles. The van der Waals surface area contributed by atoms with Crippen molar-refractivity contribution in [2.75, 3.05) is 5.75 Å². The minimum Gasteiger partial charge on any atom is -0.353 e. The van der Waals surface area contributed by atoms with Crippen molar-refractivity contribution in [1.82, 2.24) is 14.9 Å². The molecule has 5 nitrogen and oxygen atoms in total. The fraction of sp³-hybridized carbons (Fsp3) is 0.350. The molecule has 0 aliphatic carbocycles. The molecule has 0 spiro atoms. The van der Waals surface area contributed by atoms with E-state index in [-0.39, 0.29) is 23.3 Å². The van der Waals surface area contributed by atoms with Crippen LogP contribution in [-0.4, -0.2) is 27.3 Å². The average Bonchev–Trinajstić information content (AvgIpc) is 2.90. The highest BCUT2D eigenvalue weighted by molar-refractivity contribution is 7.99. The highest BCUT2D eigenvalue weighted by Gasteiger charge is 2.18. The third kappa shape index (κ3) is 4.42. The third-order valence-electron chi connectivity index (χ3n) is 4.22. The Balaban J connectivity index is 2.02. The number of fused-ring (bicyclic) bond motifs is 1. The number of carbonyl (C=O) groups is 1. The molecule has 3 aromatic rings. The molecule has 1 N–H and O–H groups in total. The van der Waals surface area contributed by atoms with E-state index in [0.717, 1.165) is 20.8 Å². The molecule has 1 aromatic carbocycles. The number of hydrogen-bond donors (Lipinski definition) is 1. The van der Waals surface area contributed by atoms with Crippen LogP contribution >= 0.6 is 23.1 Å². The second kappa shape index (κ2) is 8.27. The van der Waals surface area contributed by atoms with Crippen LogP contribution in [0.25, 0.3) is 10.2 Å². The zero-order valence-electron chi connectivity index (χ0n) is 15.9. The summed E-state index contributed by atoms with van der Waals surface area (Å²) >= 11 is 2.84. The summed E-state index contributed by atoms with van der Waals surface area (Å²) in [6, 6.07) is 9.92. The molecule has 0 saturated carbocycles. The molecule has 0 aliphatic rings. The SMILES string of the molecule is Cc1sc2nc(SCC(=O)NC(C)C)n(Cc3ccccc3)c(=O)c2c1C. The maximum atomic E-state index is 13.2. The van der Waals surface area contributed by atoms with Crippen molar-refractivity contribution in [1.29, 1.82) is 0 Å². The summed E-state index contributed by atoms with van der Waals surface area (Å²) in [4.78, 5) is 31.9. The highest BCUT2D eigenvalue weighted by Crippen LogP contribution is 2.28. The van der Waals surface area contributed by atoms with Crippen molar-refractivity contribution in [3.8, 4) is 0 Å². The van der Waals surface area contributed by atoms with Crippen molar-refractivity contribution in [2.45, 2.75) is 45.4 Å². The molecule has 0 fully saturated rings. The Morgan fingerprint density at radius 3 is 2.63 bits per heavy atom. The number of thioether (sulfide) groups is 1. The van der Waals surface area contributed by atoms with E-state index in [4.69, 9.17) is 4.98 Å². The Hall–Kier alpha value is -2.12. The number of nitrogens with one attached hydrogen (secondary N) is 1. The first kappa shape index (κ1) is 19.6. The standard InChI is InChI=1S/C20H23N3O2S2/c1-12(2)21-16(24)11-26-20-22-18-17(13(3)14(4)27-18)19(25)23(20)10-15-8-6-5-7-9-15/h5-9,12H,10-11H2,1-4H3,(H,21,24). The maximum Gasteiger partial charge on any atom is 0.263 e. The molecular weight excluding hydrogens is 378 g/mol. The predicted molar refractivity (Wildman–Crippen MR) is 113 cm³/mol. The number of thiophene rings is 1. The van der Waals surface area contributed by atoms with Crippen molar-refractivity contribution in [3.05, 3.63) is 56.7 Å². The molecule has 1 amide bonds. The summed E-state index contributed by atoms with van der Waals surface area (Å²) in [6.07, 6.45) is 0. The van der Waals surface area contributed by atoms with Crippen LogP contribution in [0.3, 0.4) is 0 Å². The van der Waals surface area contributed by atoms with Gasteiger partial charge >= 0.3 is 0 Å². The highest BCUT2D eigenvalue weighted by atomic mass is 32.2. The van der Waals surface area contributed by atoms with Crippen LogP contribution in [0.1, 0.15) is 29.9 Å². The van der Waals surface area contributed by atoms with Gasteiger partial charge in [-0.1, -0.05) is 42.1 Å². The first-order chi connectivity index (χ1) is 12.9. The van der Waals surface area contributed by atoms with Gasteiger partial charge in [0.15, 0.2) is 5.16 Å². The molecule has 0 saturated heterocycles. The van der Waals surface area contributed by atoms with E-state index in [1.54, 1.807) is 4.57 Å². The van der Waals surface area contributed by atoms with E-state index < -0.39 is 0 Å². The predicted octanol–water partition coefficient (Wildman–Crippen LogP) is 3.74. The van der Waals surface area contributed by atoms with E-state index in [1.165, 1.54) is 23.1 Å². The monoisotopic (exact) mass is 401 g/mol. The van der Waals surface area contributed by atoms with Gasteiger partial charge in [-0.15, -0.1) is 11.3 Å². The summed E-state index contributed by atoms with van der Waals surface area (Å²) in [7, 11) is 0. The van der Waals surface area contributed by atoms with Crippen molar-refractivity contribution in [3.63, 3.8) is 0 Å². The number of hydrogen-bond acceptors (Lipinski definition) is 5. The maximum absolute atomic E-state index is 13.2. The van der Waals surface area contributed by atoms with Crippen LogP contribution in [0.4, 0.5) is 0 Å². The van der Waals surface area contributed by atoms with Gasteiger partial charge in [-0.25, -0.2) is 4.98 Å². The number of rotatable bonds is 6. The minimum atomic E-state index is -0.0610. The van der Waals surface area contributed by atoms with Crippen molar-refractivity contribution in [2.24, 2.45) is 0 Å². The summed E-state index contributed by atoms with van der Waals surface area (Å²) in [6.45, 7) is 8.26. The lowest BCUT2D eigenvalue weighted by molar-refractivity contribution is -0.119. The number of nitrogens with zero attached hydrogens (tertiary/aromatic N) is 2. The second-order valence-corrected chi connectivity index (χ2v) is 8.89. The van der Waals surface area contributed by atoms with Gasteiger partial charge in [0.2, 0.25) is 5.91 Å².